The summed E-state index contributed by atoms with van der Waals surface area (Å²) in [7, 11) is 0. The summed E-state index contributed by atoms with van der Waals surface area (Å²) >= 11 is 6.15. The van der Waals surface area contributed by atoms with Gasteiger partial charge in [-0.15, -0.1) is 0 Å². The van der Waals surface area contributed by atoms with Gasteiger partial charge in [0.2, 0.25) is 5.91 Å². The number of carbonyl (C=O) groups is 2. The second-order valence-corrected chi connectivity index (χ2v) is 9.00. The van der Waals surface area contributed by atoms with E-state index in [0.717, 1.165) is 43.4 Å². The molecule has 30 heavy (non-hydrogen) atoms. The number of carbonyl (C=O) groups excluding carboxylic acids is 2. The Morgan fingerprint density at radius 2 is 2.13 bits per heavy atom. The predicted molar refractivity (Wildman–Crippen MR) is 113 cm³/mol. The molecular formula is C21H26ClN5O3. The number of anilines is 1. The first-order valence-electron chi connectivity index (χ1n) is 10.2. The van der Waals surface area contributed by atoms with E-state index in [9.17, 15) is 9.59 Å². The van der Waals surface area contributed by atoms with E-state index in [1.165, 1.54) is 0 Å². The molecule has 2 heterocycles. The maximum Gasteiger partial charge on any atom is 0.407 e. The molecule has 2 atom stereocenters. The van der Waals surface area contributed by atoms with E-state index in [4.69, 9.17) is 16.3 Å². The third kappa shape index (κ3) is 5.11. The van der Waals surface area contributed by atoms with E-state index in [2.05, 4.69) is 25.8 Å². The maximum absolute atomic E-state index is 12.3. The number of aromatic nitrogens is 3. The quantitative estimate of drug-likeness (QED) is 0.643. The molecule has 160 valence electrons. The fraction of sp³-hybridized carbons (Fsp3) is 0.524. The summed E-state index contributed by atoms with van der Waals surface area (Å²) < 4.78 is 5.56. The van der Waals surface area contributed by atoms with Crippen molar-refractivity contribution in [3.8, 4) is 0 Å². The zero-order chi connectivity index (χ0) is 21.3. The van der Waals surface area contributed by atoms with Gasteiger partial charge in [-0.3, -0.25) is 14.9 Å². The molecule has 2 aliphatic rings. The minimum absolute atomic E-state index is 0.0781. The largest absolute Gasteiger partial charge is 0.446 e. The molecule has 4 rings (SSSR count). The second-order valence-electron chi connectivity index (χ2n) is 8.60. The smallest absolute Gasteiger partial charge is 0.407 e. The predicted octanol–water partition coefficient (Wildman–Crippen LogP) is 3.86. The van der Waals surface area contributed by atoms with Crippen molar-refractivity contribution in [1.29, 1.82) is 0 Å². The summed E-state index contributed by atoms with van der Waals surface area (Å²) in [5.41, 5.74) is 2.32. The summed E-state index contributed by atoms with van der Waals surface area (Å²) in [4.78, 5) is 28.5. The molecule has 0 bridgehead atoms. The standard InChI is InChI=1S/C21H26ClN5O3/c1-12-7-15(22)17(23-11-12)10-19(28)24-18-9-16(26-27-18)13-3-4-14(8-13)30-20(29)25-21(2)5-6-21/h7,9,11,13-14H,3-6,8,10H2,1-2H3,(H,25,29)(H2,24,26,27,28)/t13-,14+/m0/s1. The van der Waals surface area contributed by atoms with Gasteiger partial charge in [0.05, 0.1) is 17.1 Å². The molecule has 0 spiro atoms. The van der Waals surface area contributed by atoms with Gasteiger partial charge in [-0.25, -0.2) is 4.79 Å². The molecule has 8 nitrogen and oxygen atoms in total. The van der Waals surface area contributed by atoms with E-state index < -0.39 is 0 Å². The summed E-state index contributed by atoms with van der Waals surface area (Å²) in [6.07, 6.45) is 5.78. The molecule has 2 amide bonds. The molecule has 0 unspecified atom stereocenters. The number of H-pyrrole nitrogens is 1. The number of hydrogen-bond acceptors (Lipinski definition) is 5. The molecule has 2 saturated carbocycles. The van der Waals surface area contributed by atoms with E-state index in [1.54, 1.807) is 12.3 Å². The number of amides is 2. The van der Waals surface area contributed by atoms with Crippen LogP contribution in [0, 0.1) is 6.92 Å². The highest BCUT2D eigenvalue weighted by molar-refractivity contribution is 6.31. The number of nitrogens with one attached hydrogen (secondary N) is 3. The lowest BCUT2D eigenvalue weighted by atomic mass is 10.0. The average Bonchev–Trinajstić information content (AvgIpc) is 3.07. The maximum atomic E-state index is 12.3. The Hall–Kier alpha value is -2.61. The van der Waals surface area contributed by atoms with Gasteiger partial charge in [0, 0.05) is 29.4 Å². The van der Waals surface area contributed by atoms with Crippen LogP contribution in [0.5, 0.6) is 0 Å². The second kappa shape index (κ2) is 8.26. The van der Waals surface area contributed by atoms with E-state index in [-0.39, 0.29) is 36.0 Å². The number of ether oxygens (including phenoxy) is 1. The number of hydrogen-bond donors (Lipinski definition) is 3. The normalized spacial score (nSPS) is 21.8. The Balaban J connectivity index is 1.27. The summed E-state index contributed by atoms with van der Waals surface area (Å²) in [6.45, 7) is 3.92. The van der Waals surface area contributed by atoms with Crippen molar-refractivity contribution < 1.29 is 14.3 Å². The third-order valence-corrected chi connectivity index (χ3v) is 6.08. The monoisotopic (exact) mass is 431 g/mol. The van der Waals surface area contributed by atoms with Crippen LogP contribution in [0.2, 0.25) is 5.02 Å². The third-order valence-electron chi connectivity index (χ3n) is 5.75. The first kappa shape index (κ1) is 20.7. The van der Waals surface area contributed by atoms with Crippen molar-refractivity contribution >= 4 is 29.4 Å². The number of alkyl carbamates (subject to hydrolysis) is 1. The zero-order valence-electron chi connectivity index (χ0n) is 17.1. The molecule has 0 saturated heterocycles. The lowest BCUT2D eigenvalue weighted by Crippen LogP contribution is -2.36. The summed E-state index contributed by atoms with van der Waals surface area (Å²) in [5, 5.41) is 13.4. The average molecular weight is 432 g/mol. The lowest BCUT2D eigenvalue weighted by Gasteiger charge is -2.16. The van der Waals surface area contributed by atoms with Crippen LogP contribution in [-0.4, -0.2) is 38.8 Å². The fourth-order valence-corrected chi connectivity index (χ4v) is 4.00. The van der Waals surface area contributed by atoms with Crippen LogP contribution >= 0.6 is 11.6 Å². The zero-order valence-corrected chi connectivity index (χ0v) is 17.9. The Morgan fingerprint density at radius 1 is 1.33 bits per heavy atom. The van der Waals surface area contributed by atoms with Gasteiger partial charge < -0.3 is 15.4 Å². The van der Waals surface area contributed by atoms with Crippen LogP contribution < -0.4 is 10.6 Å². The molecule has 2 aromatic heterocycles. The van der Waals surface area contributed by atoms with Gasteiger partial charge in [-0.05, 0) is 57.6 Å². The first-order chi connectivity index (χ1) is 14.3. The number of halogens is 1. The Labute approximate surface area is 180 Å². The summed E-state index contributed by atoms with van der Waals surface area (Å²) in [5.74, 6) is 0.442. The molecule has 2 fully saturated rings. The molecule has 0 aliphatic heterocycles. The van der Waals surface area contributed by atoms with Crippen LogP contribution in [0.3, 0.4) is 0 Å². The fourth-order valence-electron chi connectivity index (χ4n) is 3.71. The van der Waals surface area contributed by atoms with Crippen molar-refractivity contribution in [3.63, 3.8) is 0 Å². The lowest BCUT2D eigenvalue weighted by molar-refractivity contribution is -0.115. The molecule has 0 aromatic carbocycles. The van der Waals surface area contributed by atoms with E-state index >= 15 is 0 Å². The first-order valence-corrected chi connectivity index (χ1v) is 10.6. The van der Waals surface area contributed by atoms with Crippen LogP contribution in [0.25, 0.3) is 0 Å². The number of rotatable bonds is 6. The SMILES string of the molecule is Cc1cnc(CC(=O)Nc2cc([C@H]3CC[C@@H](OC(=O)NC4(C)CC4)C3)[nH]n2)c(Cl)c1. The highest BCUT2D eigenvalue weighted by Crippen LogP contribution is 2.37. The summed E-state index contributed by atoms with van der Waals surface area (Å²) in [6, 6.07) is 3.62. The molecule has 2 aromatic rings. The Bertz CT molecular complexity index is 956. The Kier molecular flexibility index (Phi) is 5.69. The topological polar surface area (TPSA) is 109 Å². The van der Waals surface area contributed by atoms with Crippen LogP contribution in [0.1, 0.15) is 61.9 Å². The van der Waals surface area contributed by atoms with Crippen LogP contribution in [0.4, 0.5) is 10.6 Å². The minimum Gasteiger partial charge on any atom is -0.446 e. The van der Waals surface area contributed by atoms with Crippen molar-refractivity contribution in [3.05, 3.63) is 40.3 Å². The highest BCUT2D eigenvalue weighted by Gasteiger charge is 2.40. The number of pyridine rings is 1. The van der Waals surface area contributed by atoms with Crippen LogP contribution in [0.15, 0.2) is 18.3 Å². The minimum atomic E-state index is -0.332. The van der Waals surface area contributed by atoms with Crippen molar-refractivity contribution in [1.82, 2.24) is 20.5 Å². The van der Waals surface area contributed by atoms with Gasteiger partial charge in [-0.2, -0.15) is 5.10 Å². The van der Waals surface area contributed by atoms with E-state index in [0.29, 0.717) is 16.5 Å². The van der Waals surface area contributed by atoms with E-state index in [1.807, 2.05) is 19.9 Å². The van der Waals surface area contributed by atoms with Gasteiger partial charge in [0.1, 0.15) is 6.10 Å². The molecule has 2 aliphatic carbocycles. The van der Waals surface area contributed by atoms with Gasteiger partial charge in [-0.1, -0.05) is 11.6 Å². The van der Waals surface area contributed by atoms with Crippen LogP contribution in [-0.2, 0) is 16.0 Å². The number of aryl methyl sites for hydroxylation is 1. The van der Waals surface area contributed by atoms with Crippen molar-refractivity contribution in [2.24, 2.45) is 0 Å². The Morgan fingerprint density at radius 3 is 2.87 bits per heavy atom. The van der Waals surface area contributed by atoms with Crippen molar-refractivity contribution in [2.75, 3.05) is 5.32 Å². The molecule has 3 N–H and O–H groups in total. The highest BCUT2D eigenvalue weighted by atomic mass is 35.5. The molecule has 9 heteroatoms. The number of aromatic amines is 1. The van der Waals surface area contributed by atoms with Gasteiger partial charge >= 0.3 is 6.09 Å². The van der Waals surface area contributed by atoms with Crippen molar-refractivity contribution in [2.45, 2.75) is 69.9 Å². The molecule has 0 radical (unpaired) electrons. The van der Waals surface area contributed by atoms with Gasteiger partial charge in [0.15, 0.2) is 5.82 Å². The molecular weight excluding hydrogens is 406 g/mol. The number of nitrogens with zero attached hydrogens (tertiary/aromatic N) is 2. The van der Waals surface area contributed by atoms with Gasteiger partial charge in [0.25, 0.3) is 0 Å².